The molecule has 5 heteroatoms. The van der Waals surface area contributed by atoms with Gasteiger partial charge in [-0.25, -0.2) is 0 Å². The number of ether oxygens (including phenoxy) is 1. The van der Waals surface area contributed by atoms with Gasteiger partial charge in [-0.3, -0.25) is 9.59 Å². The molecule has 0 saturated heterocycles. The van der Waals surface area contributed by atoms with Gasteiger partial charge >= 0.3 is 0 Å². The number of carbonyl (C=O) groups is 2. The van der Waals surface area contributed by atoms with E-state index in [-0.39, 0.29) is 18.4 Å². The minimum Gasteiger partial charge on any atom is -0.484 e. The number of amides is 2. The molecule has 0 atom stereocenters. The van der Waals surface area contributed by atoms with Crippen LogP contribution in [0.1, 0.15) is 44.1 Å². The van der Waals surface area contributed by atoms with Crippen molar-refractivity contribution in [2.75, 3.05) is 11.9 Å². The van der Waals surface area contributed by atoms with Crippen molar-refractivity contribution in [3.8, 4) is 5.75 Å². The molecule has 0 aromatic heterocycles. The van der Waals surface area contributed by atoms with Crippen LogP contribution in [-0.4, -0.2) is 24.5 Å². The highest BCUT2D eigenvalue weighted by Crippen LogP contribution is 2.26. The summed E-state index contributed by atoms with van der Waals surface area (Å²) in [6, 6.07) is 5.84. The number of fused-ring (bicyclic) bond motifs is 1. The van der Waals surface area contributed by atoms with Crippen molar-refractivity contribution in [3.05, 3.63) is 23.8 Å². The van der Waals surface area contributed by atoms with Crippen LogP contribution in [0.15, 0.2) is 18.2 Å². The van der Waals surface area contributed by atoms with E-state index in [1.807, 2.05) is 12.1 Å². The van der Waals surface area contributed by atoms with E-state index >= 15 is 0 Å². The topological polar surface area (TPSA) is 67.4 Å². The quantitative estimate of drug-likeness (QED) is 0.897. The zero-order valence-corrected chi connectivity index (χ0v) is 12.7. The van der Waals surface area contributed by atoms with Crippen LogP contribution in [0.3, 0.4) is 0 Å². The van der Waals surface area contributed by atoms with E-state index in [0.717, 1.165) is 24.1 Å². The van der Waals surface area contributed by atoms with Gasteiger partial charge in [0.15, 0.2) is 6.61 Å². The molecule has 1 aromatic carbocycles. The Morgan fingerprint density at radius 3 is 2.86 bits per heavy atom. The monoisotopic (exact) mass is 302 g/mol. The van der Waals surface area contributed by atoms with Gasteiger partial charge in [-0.1, -0.05) is 19.3 Å². The average Bonchev–Trinajstić information content (AvgIpc) is 2.54. The van der Waals surface area contributed by atoms with Crippen molar-refractivity contribution in [1.82, 2.24) is 5.32 Å². The van der Waals surface area contributed by atoms with Gasteiger partial charge in [0, 0.05) is 18.2 Å². The van der Waals surface area contributed by atoms with Gasteiger partial charge in [-0.15, -0.1) is 0 Å². The molecule has 22 heavy (non-hydrogen) atoms. The molecular weight excluding hydrogens is 280 g/mol. The van der Waals surface area contributed by atoms with Crippen LogP contribution in [-0.2, 0) is 16.0 Å². The average molecular weight is 302 g/mol. The highest BCUT2D eigenvalue weighted by Gasteiger charge is 2.17. The Balaban J connectivity index is 1.50. The summed E-state index contributed by atoms with van der Waals surface area (Å²) in [4.78, 5) is 23.2. The van der Waals surface area contributed by atoms with E-state index < -0.39 is 0 Å². The van der Waals surface area contributed by atoms with E-state index in [1.54, 1.807) is 6.07 Å². The molecule has 1 aliphatic heterocycles. The summed E-state index contributed by atoms with van der Waals surface area (Å²) in [6.07, 6.45) is 7.03. The summed E-state index contributed by atoms with van der Waals surface area (Å²) >= 11 is 0. The fraction of sp³-hybridized carbons (Fsp3) is 0.529. The summed E-state index contributed by atoms with van der Waals surface area (Å²) in [6.45, 7) is 0.0433. The third-order valence-corrected chi connectivity index (χ3v) is 4.31. The lowest BCUT2D eigenvalue weighted by Crippen LogP contribution is -2.38. The molecule has 1 saturated carbocycles. The molecule has 1 heterocycles. The lowest BCUT2D eigenvalue weighted by Gasteiger charge is -2.23. The van der Waals surface area contributed by atoms with Gasteiger partial charge in [0.2, 0.25) is 5.91 Å². The van der Waals surface area contributed by atoms with E-state index in [2.05, 4.69) is 10.6 Å². The van der Waals surface area contributed by atoms with Gasteiger partial charge < -0.3 is 15.4 Å². The highest BCUT2D eigenvalue weighted by atomic mass is 16.5. The smallest absolute Gasteiger partial charge is 0.258 e. The molecule has 2 N–H and O–H groups in total. The molecule has 3 rings (SSSR count). The Labute approximate surface area is 130 Å². The number of nitrogens with one attached hydrogen (secondary N) is 2. The van der Waals surface area contributed by atoms with Crippen molar-refractivity contribution in [2.45, 2.75) is 51.0 Å². The maximum atomic E-state index is 11.9. The molecule has 1 aromatic rings. The van der Waals surface area contributed by atoms with Crippen molar-refractivity contribution in [2.24, 2.45) is 0 Å². The normalized spacial score (nSPS) is 18.3. The number of anilines is 1. The lowest BCUT2D eigenvalue weighted by molar-refractivity contribution is -0.124. The molecule has 0 unspecified atom stereocenters. The molecule has 1 fully saturated rings. The molecule has 0 bridgehead atoms. The predicted molar refractivity (Wildman–Crippen MR) is 83.9 cm³/mol. The van der Waals surface area contributed by atoms with Crippen molar-refractivity contribution in [1.29, 1.82) is 0 Å². The van der Waals surface area contributed by atoms with Crippen LogP contribution in [0, 0.1) is 0 Å². The Hall–Kier alpha value is -2.04. The zero-order chi connectivity index (χ0) is 15.4. The number of aryl methyl sites for hydroxylation is 1. The fourth-order valence-corrected chi connectivity index (χ4v) is 3.11. The van der Waals surface area contributed by atoms with Crippen LogP contribution >= 0.6 is 0 Å². The number of hydrogen-bond acceptors (Lipinski definition) is 3. The zero-order valence-electron chi connectivity index (χ0n) is 12.7. The van der Waals surface area contributed by atoms with Crippen LogP contribution in [0.5, 0.6) is 5.75 Å². The second-order valence-corrected chi connectivity index (χ2v) is 6.06. The third kappa shape index (κ3) is 3.78. The highest BCUT2D eigenvalue weighted by molar-refractivity contribution is 5.94. The summed E-state index contributed by atoms with van der Waals surface area (Å²) in [5.74, 6) is 0.666. The number of benzene rings is 1. The second-order valence-electron chi connectivity index (χ2n) is 6.06. The van der Waals surface area contributed by atoms with Crippen LogP contribution in [0.25, 0.3) is 0 Å². The minimum absolute atomic E-state index is 0.0433. The van der Waals surface area contributed by atoms with E-state index in [4.69, 9.17) is 4.74 Å². The Morgan fingerprint density at radius 2 is 2.05 bits per heavy atom. The Bertz CT molecular complexity index is 565. The maximum absolute atomic E-state index is 11.9. The third-order valence-electron chi connectivity index (χ3n) is 4.31. The standard InChI is InChI=1S/C17H22N2O3/c20-16-9-6-12-10-14(7-8-15(12)19-16)22-11-17(21)18-13-4-2-1-3-5-13/h7-8,10,13H,1-6,9,11H2,(H,18,21)(H,19,20). The molecular formula is C17H22N2O3. The summed E-state index contributed by atoms with van der Waals surface area (Å²) < 4.78 is 5.58. The first-order valence-corrected chi connectivity index (χ1v) is 8.05. The first kappa shape index (κ1) is 14.9. The van der Waals surface area contributed by atoms with Crippen LogP contribution < -0.4 is 15.4 Å². The number of rotatable bonds is 4. The molecule has 1 aliphatic carbocycles. The molecule has 118 valence electrons. The molecule has 2 amide bonds. The number of carbonyl (C=O) groups excluding carboxylic acids is 2. The molecule has 5 nitrogen and oxygen atoms in total. The first-order chi connectivity index (χ1) is 10.7. The fourth-order valence-electron chi connectivity index (χ4n) is 3.11. The molecule has 0 spiro atoms. The van der Waals surface area contributed by atoms with E-state index in [1.165, 1.54) is 19.3 Å². The molecule has 2 aliphatic rings. The maximum Gasteiger partial charge on any atom is 0.258 e. The van der Waals surface area contributed by atoms with Crippen LogP contribution in [0.2, 0.25) is 0 Å². The van der Waals surface area contributed by atoms with Gasteiger partial charge in [-0.2, -0.15) is 0 Å². The SMILES string of the molecule is O=C1CCc2cc(OCC(=O)NC3CCCCC3)ccc2N1. The Morgan fingerprint density at radius 1 is 1.23 bits per heavy atom. The van der Waals surface area contributed by atoms with Crippen molar-refractivity contribution in [3.63, 3.8) is 0 Å². The first-order valence-electron chi connectivity index (χ1n) is 8.05. The van der Waals surface area contributed by atoms with Gasteiger partial charge in [0.05, 0.1) is 0 Å². The van der Waals surface area contributed by atoms with Gasteiger partial charge in [0.25, 0.3) is 5.91 Å². The summed E-state index contributed by atoms with van der Waals surface area (Å²) in [5, 5.41) is 5.87. The lowest BCUT2D eigenvalue weighted by atomic mass is 9.95. The van der Waals surface area contributed by atoms with E-state index in [9.17, 15) is 9.59 Å². The Kier molecular flexibility index (Phi) is 4.61. The van der Waals surface area contributed by atoms with Crippen molar-refractivity contribution >= 4 is 17.5 Å². The second kappa shape index (κ2) is 6.81. The predicted octanol–water partition coefficient (Wildman–Crippen LogP) is 2.40. The summed E-state index contributed by atoms with van der Waals surface area (Å²) in [5.41, 5.74) is 1.90. The number of hydrogen-bond donors (Lipinski definition) is 2. The van der Waals surface area contributed by atoms with Crippen LogP contribution in [0.4, 0.5) is 5.69 Å². The van der Waals surface area contributed by atoms with Gasteiger partial charge in [-0.05, 0) is 43.0 Å². The van der Waals surface area contributed by atoms with E-state index in [0.29, 0.717) is 24.6 Å². The van der Waals surface area contributed by atoms with Crippen molar-refractivity contribution < 1.29 is 14.3 Å². The summed E-state index contributed by atoms with van der Waals surface area (Å²) in [7, 11) is 0. The molecule has 0 radical (unpaired) electrons. The van der Waals surface area contributed by atoms with Gasteiger partial charge in [0.1, 0.15) is 5.75 Å². The largest absolute Gasteiger partial charge is 0.484 e. The minimum atomic E-state index is -0.0575.